The summed E-state index contributed by atoms with van der Waals surface area (Å²) in [7, 11) is 0. The van der Waals surface area contributed by atoms with Gasteiger partial charge in [0.2, 0.25) is 0 Å². The average molecular weight is 301 g/mol. The number of carbonyl (C=O) groups is 1. The maximum Gasteiger partial charge on any atom is 0.255 e. The number of thiocarbonyl (C=S) groups is 1. The van der Waals surface area contributed by atoms with E-state index in [0.29, 0.717) is 29.5 Å². The molecule has 1 amide bonds. The summed E-state index contributed by atoms with van der Waals surface area (Å²) in [5, 5.41) is 3.06. The maximum atomic E-state index is 11.9. The van der Waals surface area contributed by atoms with Crippen LogP contribution in [0.5, 0.6) is 0 Å². The first-order chi connectivity index (χ1) is 9.08. The molecule has 0 aliphatic carbocycles. The number of halogens is 1. The molecular formula is C12H13ClN2O3S. The number of hydrogen-bond acceptors (Lipinski definition) is 4. The Labute approximate surface area is 121 Å². The molecule has 3 N–H and O–H groups in total. The Bertz CT molecular complexity index is 504. The summed E-state index contributed by atoms with van der Waals surface area (Å²) >= 11 is 10.9. The number of hydrogen-bond donors (Lipinski definition) is 2. The van der Waals surface area contributed by atoms with Crippen LogP contribution in [0, 0.1) is 0 Å². The number of nitrogens with one attached hydrogen (secondary N) is 1. The van der Waals surface area contributed by atoms with Crippen LogP contribution in [0.2, 0.25) is 5.02 Å². The van der Waals surface area contributed by atoms with Crippen molar-refractivity contribution >= 4 is 40.4 Å². The highest BCUT2D eigenvalue weighted by Gasteiger charge is 2.23. The zero-order chi connectivity index (χ0) is 13.8. The van der Waals surface area contributed by atoms with Crippen LogP contribution in [0.1, 0.15) is 5.56 Å². The number of nitrogens with two attached hydrogens (primary N) is 1. The van der Waals surface area contributed by atoms with Gasteiger partial charge in [0.05, 0.1) is 30.5 Å². The van der Waals surface area contributed by atoms with Gasteiger partial charge in [-0.1, -0.05) is 23.8 Å². The van der Waals surface area contributed by atoms with Crippen molar-refractivity contribution in [2.24, 2.45) is 5.73 Å². The van der Waals surface area contributed by atoms with Gasteiger partial charge in [-0.2, -0.15) is 0 Å². The van der Waals surface area contributed by atoms with Crippen molar-refractivity contribution < 1.29 is 14.3 Å². The molecule has 1 aromatic rings. The van der Waals surface area contributed by atoms with E-state index in [1.165, 1.54) is 0 Å². The normalized spacial score (nSPS) is 18.9. The molecular weight excluding hydrogens is 288 g/mol. The molecule has 0 saturated carbocycles. The van der Waals surface area contributed by atoms with Crippen LogP contribution < -0.4 is 11.1 Å². The first-order valence-electron chi connectivity index (χ1n) is 5.67. The van der Waals surface area contributed by atoms with E-state index >= 15 is 0 Å². The van der Waals surface area contributed by atoms with Crippen molar-refractivity contribution in [2.75, 3.05) is 25.1 Å². The van der Waals surface area contributed by atoms with E-state index < -0.39 is 6.10 Å². The summed E-state index contributed by atoms with van der Waals surface area (Å²) in [5.41, 5.74) is 6.64. The summed E-state index contributed by atoms with van der Waals surface area (Å²) in [6, 6.07) is 4.96. The molecule has 0 aromatic heterocycles. The molecule has 1 fully saturated rings. The van der Waals surface area contributed by atoms with Crippen LogP contribution in [0.3, 0.4) is 0 Å². The number of rotatable bonds is 3. The predicted molar refractivity (Wildman–Crippen MR) is 76.5 cm³/mol. The van der Waals surface area contributed by atoms with E-state index in [0.717, 1.165) is 0 Å². The van der Waals surface area contributed by atoms with Gasteiger partial charge in [0, 0.05) is 5.56 Å². The lowest BCUT2D eigenvalue weighted by atomic mass is 10.2. The molecule has 1 aliphatic rings. The monoisotopic (exact) mass is 300 g/mol. The molecule has 0 bridgehead atoms. The van der Waals surface area contributed by atoms with Crippen molar-refractivity contribution in [3.05, 3.63) is 28.8 Å². The first kappa shape index (κ1) is 14.2. The van der Waals surface area contributed by atoms with Gasteiger partial charge in [0.25, 0.3) is 5.91 Å². The van der Waals surface area contributed by atoms with Crippen molar-refractivity contribution in [1.82, 2.24) is 0 Å². The highest BCUT2D eigenvalue weighted by Crippen LogP contribution is 2.23. The number of carbonyl (C=O) groups excluding carboxylic acids is 1. The van der Waals surface area contributed by atoms with E-state index in [4.69, 9.17) is 39.0 Å². The van der Waals surface area contributed by atoms with Crippen LogP contribution in [0.15, 0.2) is 18.2 Å². The highest BCUT2D eigenvalue weighted by atomic mass is 35.5. The zero-order valence-corrected chi connectivity index (χ0v) is 11.6. The third-order valence-electron chi connectivity index (χ3n) is 2.62. The van der Waals surface area contributed by atoms with Crippen LogP contribution >= 0.6 is 23.8 Å². The Hall–Kier alpha value is -1.21. The summed E-state index contributed by atoms with van der Waals surface area (Å²) in [5.74, 6) is -0.287. The summed E-state index contributed by atoms with van der Waals surface area (Å²) in [4.78, 5) is 12.2. The first-order valence-corrected chi connectivity index (χ1v) is 6.46. The highest BCUT2D eigenvalue weighted by molar-refractivity contribution is 7.80. The number of amides is 1. The fourth-order valence-electron chi connectivity index (χ4n) is 1.62. The molecule has 1 heterocycles. The van der Waals surface area contributed by atoms with E-state index in [-0.39, 0.29) is 17.5 Å². The smallest absolute Gasteiger partial charge is 0.255 e. The van der Waals surface area contributed by atoms with E-state index in [9.17, 15) is 4.79 Å². The van der Waals surface area contributed by atoms with Crippen molar-refractivity contribution in [3.63, 3.8) is 0 Å². The minimum absolute atomic E-state index is 0.244. The number of anilines is 1. The van der Waals surface area contributed by atoms with Crippen molar-refractivity contribution in [3.8, 4) is 0 Å². The van der Waals surface area contributed by atoms with Gasteiger partial charge in [-0.3, -0.25) is 4.79 Å². The minimum Gasteiger partial charge on any atom is -0.389 e. The van der Waals surface area contributed by atoms with E-state index in [1.807, 2.05) is 0 Å². The molecule has 1 atom stereocenters. The minimum atomic E-state index is -0.611. The van der Waals surface area contributed by atoms with Crippen LogP contribution in [0.25, 0.3) is 0 Å². The molecule has 102 valence electrons. The third kappa shape index (κ3) is 3.63. The molecule has 1 saturated heterocycles. The summed E-state index contributed by atoms with van der Waals surface area (Å²) in [6.45, 7) is 1.16. The maximum absolute atomic E-state index is 11.9. The van der Waals surface area contributed by atoms with Gasteiger partial charge in [-0.15, -0.1) is 0 Å². The SMILES string of the molecule is NC(=S)c1ccc(NC(=O)C2COCCO2)c(Cl)c1. The van der Waals surface area contributed by atoms with Crippen LogP contribution in [-0.2, 0) is 14.3 Å². The van der Waals surface area contributed by atoms with Gasteiger partial charge in [0.15, 0.2) is 6.10 Å². The number of benzene rings is 1. The Morgan fingerprint density at radius 2 is 2.26 bits per heavy atom. The second-order valence-corrected chi connectivity index (χ2v) is 4.83. The number of ether oxygens (including phenoxy) is 2. The Balaban J connectivity index is 2.06. The third-order valence-corrected chi connectivity index (χ3v) is 3.17. The average Bonchev–Trinajstić information content (AvgIpc) is 2.41. The van der Waals surface area contributed by atoms with Crippen molar-refractivity contribution in [2.45, 2.75) is 6.10 Å². The molecule has 1 aromatic carbocycles. The second-order valence-electron chi connectivity index (χ2n) is 3.98. The fourth-order valence-corrected chi connectivity index (χ4v) is 1.98. The molecule has 0 radical (unpaired) electrons. The lowest BCUT2D eigenvalue weighted by Crippen LogP contribution is -2.39. The molecule has 19 heavy (non-hydrogen) atoms. The lowest BCUT2D eigenvalue weighted by molar-refractivity contribution is -0.142. The Morgan fingerprint density at radius 1 is 1.47 bits per heavy atom. The van der Waals surface area contributed by atoms with Gasteiger partial charge < -0.3 is 20.5 Å². The summed E-state index contributed by atoms with van der Waals surface area (Å²) in [6.07, 6.45) is -0.611. The fraction of sp³-hybridized carbons (Fsp3) is 0.333. The largest absolute Gasteiger partial charge is 0.389 e. The molecule has 0 spiro atoms. The quantitative estimate of drug-likeness (QED) is 0.824. The topological polar surface area (TPSA) is 73.6 Å². The van der Waals surface area contributed by atoms with Crippen molar-refractivity contribution in [1.29, 1.82) is 0 Å². The molecule has 1 aliphatic heterocycles. The molecule has 1 unspecified atom stereocenters. The predicted octanol–water partition coefficient (Wildman–Crippen LogP) is 1.33. The lowest BCUT2D eigenvalue weighted by Gasteiger charge is -2.22. The molecule has 5 nitrogen and oxygen atoms in total. The zero-order valence-electron chi connectivity index (χ0n) is 10.0. The van der Waals surface area contributed by atoms with E-state index in [2.05, 4.69) is 5.32 Å². The van der Waals surface area contributed by atoms with E-state index in [1.54, 1.807) is 18.2 Å². The van der Waals surface area contributed by atoms with Gasteiger partial charge in [-0.25, -0.2) is 0 Å². The van der Waals surface area contributed by atoms with Crippen LogP contribution in [0.4, 0.5) is 5.69 Å². The van der Waals surface area contributed by atoms with Gasteiger partial charge >= 0.3 is 0 Å². The van der Waals surface area contributed by atoms with Gasteiger partial charge in [0.1, 0.15) is 4.99 Å². The standard InChI is InChI=1S/C12H13ClN2O3S/c13-8-5-7(11(14)19)1-2-9(8)15-12(16)10-6-17-3-4-18-10/h1-2,5,10H,3-4,6H2,(H2,14,19)(H,15,16). The summed E-state index contributed by atoms with van der Waals surface area (Å²) < 4.78 is 10.5. The van der Waals surface area contributed by atoms with Crippen LogP contribution in [-0.4, -0.2) is 36.8 Å². The van der Waals surface area contributed by atoms with Gasteiger partial charge in [-0.05, 0) is 18.2 Å². The second kappa shape index (κ2) is 6.29. The Morgan fingerprint density at radius 3 is 2.84 bits per heavy atom. The Kier molecular flexibility index (Phi) is 4.71. The molecule has 2 rings (SSSR count). The molecule has 7 heteroatoms.